The summed E-state index contributed by atoms with van der Waals surface area (Å²) >= 11 is 0. The van der Waals surface area contributed by atoms with E-state index in [0.29, 0.717) is 33.1 Å². The maximum atomic E-state index is 13.3. The molecule has 5 aromatic rings. The number of carbonyl (C=O) groups is 2. The molecule has 4 aromatic carbocycles. The topological polar surface area (TPSA) is 77.4 Å². The molecule has 0 aliphatic heterocycles. The van der Waals surface area contributed by atoms with Crippen molar-refractivity contribution in [3.8, 4) is 0 Å². The first-order chi connectivity index (χ1) is 17.5. The second-order valence-electron chi connectivity index (χ2n) is 8.59. The van der Waals surface area contributed by atoms with Crippen molar-refractivity contribution in [3.63, 3.8) is 0 Å². The van der Waals surface area contributed by atoms with Crippen molar-refractivity contribution in [1.29, 1.82) is 0 Å². The number of ether oxygens (including phenoxy) is 1. The third-order valence-electron chi connectivity index (χ3n) is 6.08. The molecule has 1 unspecified atom stereocenters. The fourth-order valence-corrected chi connectivity index (χ4v) is 4.29. The third kappa shape index (κ3) is 4.61. The van der Waals surface area contributed by atoms with Crippen LogP contribution >= 0.6 is 0 Å². The van der Waals surface area contributed by atoms with E-state index in [-0.39, 0.29) is 12.0 Å². The van der Waals surface area contributed by atoms with E-state index in [2.05, 4.69) is 5.32 Å². The maximum Gasteiger partial charge on any atom is 0.327 e. The second-order valence-corrected chi connectivity index (χ2v) is 8.59. The van der Waals surface area contributed by atoms with Crippen LogP contribution in [0.4, 0.5) is 5.69 Å². The van der Waals surface area contributed by atoms with Crippen LogP contribution in [0.25, 0.3) is 21.8 Å². The van der Waals surface area contributed by atoms with Gasteiger partial charge in [-0.15, -0.1) is 0 Å². The molecular formula is C30H24N2O4. The second kappa shape index (κ2) is 9.88. The number of amides is 1. The molecule has 0 aliphatic rings. The number of fused-ring (bicyclic) bond motifs is 2. The molecule has 1 heterocycles. The molecule has 0 fully saturated rings. The fraction of sp³-hybridized carbons (Fsp3) is 0.100. The average molecular weight is 477 g/mol. The number of aryl methyl sites for hydroxylation is 1. The molecule has 0 saturated carbocycles. The van der Waals surface area contributed by atoms with Gasteiger partial charge in [0.1, 0.15) is 6.54 Å². The fourth-order valence-electron chi connectivity index (χ4n) is 4.29. The van der Waals surface area contributed by atoms with Crippen LogP contribution in [0.3, 0.4) is 0 Å². The lowest BCUT2D eigenvalue weighted by atomic mass is 10.1. The highest BCUT2D eigenvalue weighted by atomic mass is 16.5. The summed E-state index contributed by atoms with van der Waals surface area (Å²) in [5.74, 6) is -1.05. The normalized spacial score (nSPS) is 11.8. The SMILES string of the molecule is Cc1ccc(NC(=O)C(OC(=O)Cn2c3ccccc3c(=O)c3ccccc32)c2ccccc2)cc1. The predicted molar refractivity (Wildman–Crippen MR) is 141 cm³/mol. The van der Waals surface area contributed by atoms with Gasteiger partial charge in [-0.25, -0.2) is 0 Å². The number of nitrogens with zero attached hydrogens (tertiary/aromatic N) is 1. The minimum absolute atomic E-state index is 0.0922. The Morgan fingerprint density at radius 2 is 1.33 bits per heavy atom. The van der Waals surface area contributed by atoms with Gasteiger partial charge in [0.15, 0.2) is 5.43 Å². The van der Waals surface area contributed by atoms with Crippen molar-refractivity contribution in [1.82, 2.24) is 4.57 Å². The zero-order valence-corrected chi connectivity index (χ0v) is 19.7. The van der Waals surface area contributed by atoms with E-state index < -0.39 is 18.0 Å². The first-order valence-corrected chi connectivity index (χ1v) is 11.6. The van der Waals surface area contributed by atoms with Gasteiger partial charge in [0.05, 0.1) is 11.0 Å². The predicted octanol–water partition coefficient (Wildman–Crippen LogP) is 5.39. The van der Waals surface area contributed by atoms with E-state index in [0.717, 1.165) is 5.56 Å². The lowest BCUT2D eigenvalue weighted by molar-refractivity contribution is -0.155. The molecule has 36 heavy (non-hydrogen) atoms. The smallest absolute Gasteiger partial charge is 0.327 e. The molecule has 1 aromatic heterocycles. The monoisotopic (exact) mass is 476 g/mol. The highest BCUT2D eigenvalue weighted by Crippen LogP contribution is 2.23. The van der Waals surface area contributed by atoms with Crippen LogP contribution in [0.2, 0.25) is 0 Å². The number of rotatable bonds is 6. The number of hydrogen-bond donors (Lipinski definition) is 1. The Kier molecular flexibility index (Phi) is 6.33. The van der Waals surface area contributed by atoms with Gasteiger partial charge in [-0.3, -0.25) is 14.4 Å². The molecule has 1 amide bonds. The number of hydrogen-bond acceptors (Lipinski definition) is 4. The van der Waals surface area contributed by atoms with E-state index in [4.69, 9.17) is 4.74 Å². The van der Waals surface area contributed by atoms with Gasteiger partial charge in [0.2, 0.25) is 6.10 Å². The number of carbonyl (C=O) groups excluding carboxylic acids is 2. The van der Waals surface area contributed by atoms with Crippen LogP contribution in [0.15, 0.2) is 108 Å². The number of anilines is 1. The Bertz CT molecular complexity index is 1560. The largest absolute Gasteiger partial charge is 0.446 e. The van der Waals surface area contributed by atoms with Crippen molar-refractivity contribution >= 4 is 39.4 Å². The van der Waals surface area contributed by atoms with Crippen LogP contribution in [-0.4, -0.2) is 16.4 Å². The van der Waals surface area contributed by atoms with E-state index in [1.165, 1.54) is 0 Å². The average Bonchev–Trinajstić information content (AvgIpc) is 2.91. The van der Waals surface area contributed by atoms with Crippen LogP contribution in [0.5, 0.6) is 0 Å². The highest BCUT2D eigenvalue weighted by molar-refractivity contribution is 5.97. The summed E-state index contributed by atoms with van der Waals surface area (Å²) in [4.78, 5) is 39.5. The first kappa shape index (κ1) is 23.1. The van der Waals surface area contributed by atoms with E-state index >= 15 is 0 Å². The molecular weight excluding hydrogens is 452 g/mol. The number of esters is 1. The number of nitrogens with one attached hydrogen (secondary N) is 1. The molecule has 6 heteroatoms. The molecule has 1 N–H and O–H groups in total. The summed E-state index contributed by atoms with van der Waals surface area (Å²) in [6.07, 6.45) is -1.14. The van der Waals surface area contributed by atoms with Gasteiger partial charge >= 0.3 is 5.97 Å². The maximum absolute atomic E-state index is 13.3. The number of aromatic nitrogens is 1. The van der Waals surface area contributed by atoms with Gasteiger partial charge < -0.3 is 14.6 Å². The molecule has 0 bridgehead atoms. The Labute approximate surface area is 207 Å². The summed E-state index contributed by atoms with van der Waals surface area (Å²) in [5.41, 5.74) is 3.40. The molecule has 0 aliphatic carbocycles. The Morgan fingerprint density at radius 1 is 0.778 bits per heavy atom. The van der Waals surface area contributed by atoms with Crippen LogP contribution in [-0.2, 0) is 20.9 Å². The summed E-state index contributed by atoms with van der Waals surface area (Å²) in [5, 5.41) is 3.87. The van der Waals surface area contributed by atoms with Crippen LogP contribution < -0.4 is 10.7 Å². The minimum atomic E-state index is -1.14. The molecule has 5 rings (SSSR count). The molecule has 0 spiro atoms. The van der Waals surface area contributed by atoms with Gasteiger partial charge in [-0.2, -0.15) is 0 Å². The molecule has 178 valence electrons. The van der Waals surface area contributed by atoms with Crippen LogP contribution in [0, 0.1) is 6.92 Å². The summed E-state index contributed by atoms with van der Waals surface area (Å²) in [6.45, 7) is 1.80. The zero-order chi connectivity index (χ0) is 25.1. The zero-order valence-electron chi connectivity index (χ0n) is 19.7. The lowest BCUT2D eigenvalue weighted by Crippen LogP contribution is -2.27. The third-order valence-corrected chi connectivity index (χ3v) is 6.08. The van der Waals surface area contributed by atoms with Crippen molar-refractivity contribution < 1.29 is 14.3 Å². The minimum Gasteiger partial charge on any atom is -0.446 e. The Morgan fingerprint density at radius 3 is 1.94 bits per heavy atom. The molecule has 1 atom stereocenters. The van der Waals surface area contributed by atoms with Crippen molar-refractivity contribution in [2.75, 3.05) is 5.32 Å². The molecule has 0 saturated heterocycles. The van der Waals surface area contributed by atoms with E-state index in [9.17, 15) is 14.4 Å². The summed E-state index contributed by atoms with van der Waals surface area (Å²) < 4.78 is 7.53. The van der Waals surface area contributed by atoms with E-state index in [1.54, 1.807) is 77.4 Å². The summed E-state index contributed by atoms with van der Waals surface area (Å²) in [7, 11) is 0. The van der Waals surface area contributed by atoms with Gasteiger partial charge in [-0.1, -0.05) is 72.3 Å². The highest BCUT2D eigenvalue weighted by Gasteiger charge is 2.26. The standard InChI is InChI=1S/C30H24N2O4/c1-20-15-17-22(18-16-20)31-30(35)29(21-9-3-2-4-10-21)36-27(33)19-32-25-13-7-5-11-23(25)28(34)24-12-6-8-14-26(24)32/h2-18,29H,19H2,1H3,(H,31,35). The molecule has 6 nitrogen and oxygen atoms in total. The van der Waals surface area contributed by atoms with Gasteiger partial charge in [-0.05, 0) is 43.3 Å². The molecule has 0 radical (unpaired) electrons. The van der Waals surface area contributed by atoms with Crippen molar-refractivity contribution in [3.05, 3.63) is 124 Å². The number of para-hydroxylation sites is 2. The van der Waals surface area contributed by atoms with Crippen LogP contribution in [0.1, 0.15) is 17.2 Å². The summed E-state index contributed by atoms with van der Waals surface area (Å²) in [6, 6.07) is 30.6. The van der Waals surface area contributed by atoms with Gasteiger partial charge in [0.25, 0.3) is 5.91 Å². The number of benzene rings is 4. The van der Waals surface area contributed by atoms with Crippen molar-refractivity contribution in [2.45, 2.75) is 19.6 Å². The first-order valence-electron chi connectivity index (χ1n) is 11.6. The van der Waals surface area contributed by atoms with Crippen molar-refractivity contribution in [2.24, 2.45) is 0 Å². The van der Waals surface area contributed by atoms with Gasteiger partial charge in [0, 0.05) is 22.0 Å². The van der Waals surface area contributed by atoms with E-state index in [1.807, 2.05) is 37.3 Å². The Hall–Kier alpha value is -4.71. The number of pyridine rings is 1. The quantitative estimate of drug-likeness (QED) is 0.263. The lowest BCUT2D eigenvalue weighted by Gasteiger charge is -2.20. The Balaban J connectivity index is 1.48.